The molecule has 1 heterocycles. The van der Waals surface area contributed by atoms with Gasteiger partial charge in [0.1, 0.15) is 29.1 Å². The van der Waals surface area contributed by atoms with E-state index in [4.69, 9.17) is 18.0 Å². The third kappa shape index (κ3) is 1.79. The van der Waals surface area contributed by atoms with Crippen LogP contribution in [-0.2, 0) is 7.80 Å². The third-order valence-corrected chi connectivity index (χ3v) is 2.04. The van der Waals surface area contributed by atoms with Gasteiger partial charge < -0.3 is 14.9 Å². The normalized spacial score (nSPS) is 40.5. The van der Waals surface area contributed by atoms with Crippen molar-refractivity contribution >= 4 is 23.0 Å². The summed E-state index contributed by atoms with van der Waals surface area (Å²) in [6.07, 6.45) is -0.994. The Labute approximate surface area is 72.8 Å². The van der Waals surface area contributed by atoms with E-state index in [1.807, 2.05) is 0 Å². The number of aliphatic hydroxyl groups excluding tert-OH is 2. The van der Waals surface area contributed by atoms with E-state index in [0.29, 0.717) is 6.42 Å². The first-order chi connectivity index (χ1) is 4.77. The Hall–Kier alpha value is 0.570. The zero-order valence-electron chi connectivity index (χ0n) is 5.24. The smallest absolute Gasteiger partial charge is 0.172 e. The van der Waals surface area contributed by atoms with E-state index < -0.39 is 12.2 Å². The lowest BCUT2D eigenvalue weighted by atomic mass is 10.2. The fourth-order valence-corrected chi connectivity index (χ4v) is 1.24. The summed E-state index contributed by atoms with van der Waals surface area (Å²) in [5.41, 5.74) is 0. The largest absolute Gasteiger partial charge is 0.394 e. The van der Waals surface area contributed by atoms with Crippen molar-refractivity contribution in [2.75, 3.05) is 6.61 Å². The number of hydrogen-bond acceptors (Lipinski definition) is 4. The van der Waals surface area contributed by atoms with Gasteiger partial charge in [-0.25, -0.2) is 0 Å². The minimum absolute atomic E-state index is 0.155. The lowest BCUT2D eigenvalue weighted by Gasteiger charge is -2.08. The van der Waals surface area contributed by atoms with Crippen LogP contribution in [0, 0.1) is 0 Å². The second-order valence-electron chi connectivity index (χ2n) is 2.18. The van der Waals surface area contributed by atoms with Crippen LogP contribution in [0.25, 0.3) is 0 Å². The van der Waals surface area contributed by atoms with Gasteiger partial charge in [0, 0.05) is 6.42 Å². The molecule has 0 spiro atoms. The predicted molar refractivity (Wildman–Crippen MR) is 41.5 cm³/mol. The number of ether oxygens (including phenoxy) is 1. The number of halogens is 1. The summed E-state index contributed by atoms with van der Waals surface area (Å²) in [4.78, 5) is 0. The fourth-order valence-electron chi connectivity index (χ4n) is 0.912. The summed E-state index contributed by atoms with van der Waals surface area (Å²) in [7, 11) is 0. The molecule has 2 N–H and O–H groups in total. The topological polar surface area (TPSA) is 58.9 Å². The van der Waals surface area contributed by atoms with E-state index in [2.05, 4.69) is 0 Å². The molecule has 0 saturated carbocycles. The van der Waals surface area contributed by atoms with Gasteiger partial charge in [0.15, 0.2) is 6.29 Å². The number of aliphatic hydroxyl groups is 2. The van der Waals surface area contributed by atoms with Crippen molar-refractivity contribution in [3.8, 4) is 0 Å². The highest BCUT2D eigenvalue weighted by Crippen LogP contribution is 2.22. The SMILES string of the molecule is OC[C@H]1O[C@H](OI)C[C@@H]1O. The zero-order chi connectivity index (χ0) is 7.56. The van der Waals surface area contributed by atoms with Crippen LogP contribution >= 0.6 is 23.0 Å². The van der Waals surface area contributed by atoms with Crippen LogP contribution in [0.15, 0.2) is 0 Å². The summed E-state index contributed by atoms with van der Waals surface area (Å²) in [5, 5.41) is 17.7. The first kappa shape index (κ1) is 8.66. The van der Waals surface area contributed by atoms with Crippen molar-refractivity contribution in [2.45, 2.75) is 24.9 Å². The Morgan fingerprint density at radius 3 is 2.70 bits per heavy atom. The van der Waals surface area contributed by atoms with Crippen LogP contribution in [0.1, 0.15) is 6.42 Å². The monoisotopic (exact) mass is 260 g/mol. The quantitative estimate of drug-likeness (QED) is 0.676. The molecule has 0 amide bonds. The van der Waals surface area contributed by atoms with Gasteiger partial charge in [-0.2, -0.15) is 0 Å². The van der Waals surface area contributed by atoms with Crippen LogP contribution in [0.3, 0.4) is 0 Å². The highest BCUT2D eigenvalue weighted by molar-refractivity contribution is 14.1. The second-order valence-corrected chi connectivity index (χ2v) is 2.69. The van der Waals surface area contributed by atoms with E-state index in [1.165, 1.54) is 0 Å². The Balaban J connectivity index is 2.36. The maximum atomic E-state index is 9.12. The van der Waals surface area contributed by atoms with Gasteiger partial charge in [-0.15, -0.1) is 0 Å². The highest BCUT2D eigenvalue weighted by atomic mass is 127. The molecule has 1 aliphatic rings. The zero-order valence-corrected chi connectivity index (χ0v) is 7.39. The summed E-state index contributed by atoms with van der Waals surface area (Å²) >= 11 is 1.71. The molecule has 10 heavy (non-hydrogen) atoms. The molecule has 0 radical (unpaired) electrons. The fraction of sp³-hybridized carbons (Fsp3) is 1.00. The lowest BCUT2D eigenvalue weighted by Crippen LogP contribution is -2.24. The van der Waals surface area contributed by atoms with Crippen molar-refractivity contribution in [1.29, 1.82) is 0 Å². The highest BCUT2D eigenvalue weighted by Gasteiger charge is 2.33. The first-order valence-electron chi connectivity index (χ1n) is 2.99. The van der Waals surface area contributed by atoms with Gasteiger partial charge in [0.25, 0.3) is 0 Å². The minimum Gasteiger partial charge on any atom is -0.394 e. The molecule has 0 aromatic heterocycles. The maximum absolute atomic E-state index is 9.12. The molecule has 60 valence electrons. The molecule has 1 saturated heterocycles. The van der Waals surface area contributed by atoms with Crippen molar-refractivity contribution in [3.63, 3.8) is 0 Å². The Kier molecular flexibility index (Phi) is 3.31. The van der Waals surface area contributed by atoms with Gasteiger partial charge in [-0.3, -0.25) is 3.07 Å². The van der Waals surface area contributed by atoms with Crippen LogP contribution in [0.4, 0.5) is 0 Å². The molecule has 0 aromatic rings. The van der Waals surface area contributed by atoms with Crippen molar-refractivity contribution in [3.05, 3.63) is 0 Å². The third-order valence-electron chi connectivity index (χ3n) is 1.47. The molecule has 5 heteroatoms. The van der Waals surface area contributed by atoms with E-state index in [0.717, 1.165) is 0 Å². The molecule has 0 aromatic carbocycles. The van der Waals surface area contributed by atoms with E-state index in [9.17, 15) is 0 Å². The molecule has 0 unspecified atom stereocenters. The molecular formula is C5H9IO4. The van der Waals surface area contributed by atoms with Gasteiger partial charge in [-0.1, -0.05) is 0 Å². The molecule has 0 bridgehead atoms. The van der Waals surface area contributed by atoms with Gasteiger partial charge in [-0.05, 0) is 0 Å². The molecule has 3 atom stereocenters. The van der Waals surface area contributed by atoms with Gasteiger partial charge in [0.2, 0.25) is 0 Å². The Morgan fingerprint density at radius 2 is 2.40 bits per heavy atom. The molecule has 0 aliphatic carbocycles. The summed E-state index contributed by atoms with van der Waals surface area (Å²) < 4.78 is 9.83. The molecule has 1 fully saturated rings. The van der Waals surface area contributed by atoms with Crippen molar-refractivity contribution < 1.29 is 18.0 Å². The maximum Gasteiger partial charge on any atom is 0.172 e. The van der Waals surface area contributed by atoms with Crippen LogP contribution in [0.2, 0.25) is 0 Å². The van der Waals surface area contributed by atoms with Crippen molar-refractivity contribution in [2.24, 2.45) is 0 Å². The first-order valence-corrected chi connectivity index (χ1v) is 3.87. The summed E-state index contributed by atoms with van der Waals surface area (Å²) in [6.45, 7) is -0.155. The van der Waals surface area contributed by atoms with Crippen molar-refractivity contribution in [1.82, 2.24) is 0 Å². The summed E-state index contributed by atoms with van der Waals surface area (Å²) in [6, 6.07) is 0. The van der Waals surface area contributed by atoms with E-state index in [-0.39, 0.29) is 12.9 Å². The van der Waals surface area contributed by atoms with Crippen LogP contribution in [-0.4, -0.2) is 35.3 Å². The molecule has 1 aliphatic heterocycles. The Bertz CT molecular complexity index is 110. The van der Waals surface area contributed by atoms with Gasteiger partial charge >= 0.3 is 0 Å². The summed E-state index contributed by atoms with van der Waals surface area (Å²) in [5.74, 6) is 0. The average molecular weight is 260 g/mol. The van der Waals surface area contributed by atoms with Gasteiger partial charge in [0.05, 0.1) is 12.7 Å². The lowest BCUT2D eigenvalue weighted by molar-refractivity contribution is -0.0763. The van der Waals surface area contributed by atoms with E-state index in [1.54, 1.807) is 23.0 Å². The number of hydrogen-bond donors (Lipinski definition) is 2. The predicted octanol–water partition coefficient (Wildman–Crippen LogP) is -0.179. The molecule has 1 rings (SSSR count). The van der Waals surface area contributed by atoms with Crippen LogP contribution < -0.4 is 0 Å². The van der Waals surface area contributed by atoms with Crippen LogP contribution in [0.5, 0.6) is 0 Å². The Morgan fingerprint density at radius 1 is 1.70 bits per heavy atom. The second kappa shape index (κ2) is 3.82. The average Bonchev–Trinajstić information content (AvgIpc) is 2.30. The van der Waals surface area contributed by atoms with E-state index >= 15 is 0 Å². The minimum atomic E-state index is -0.593. The molecular weight excluding hydrogens is 251 g/mol. The standard InChI is InChI=1S/C5H9IO4/c6-10-5-1-3(8)4(2-7)9-5/h3-5,7-8H,1-2H2/t3-,4+,5+/m0/s1. The number of rotatable bonds is 2. The molecule has 4 nitrogen and oxygen atoms in total.